The summed E-state index contributed by atoms with van der Waals surface area (Å²) in [6.45, 7) is 1.10. The van der Waals surface area contributed by atoms with E-state index in [2.05, 4.69) is 10.3 Å². The summed E-state index contributed by atoms with van der Waals surface area (Å²) in [5.74, 6) is 1.06. The molecular weight excluding hydrogens is 284 g/mol. The molecule has 1 fully saturated rings. The van der Waals surface area contributed by atoms with Crippen molar-refractivity contribution in [2.24, 2.45) is 0 Å². The second kappa shape index (κ2) is 6.05. The third kappa shape index (κ3) is 2.74. The topological polar surface area (TPSA) is 80.5 Å². The zero-order chi connectivity index (χ0) is 15.5. The minimum absolute atomic E-state index is 0.271. The molecule has 0 atom stereocenters. The van der Waals surface area contributed by atoms with E-state index in [4.69, 9.17) is 9.84 Å². The van der Waals surface area contributed by atoms with Crippen LogP contribution in [0.1, 0.15) is 24.5 Å². The molecule has 1 saturated heterocycles. The molecule has 0 bridgehead atoms. The van der Waals surface area contributed by atoms with E-state index in [0.29, 0.717) is 13.1 Å². The van der Waals surface area contributed by atoms with Gasteiger partial charge in [0.05, 0.1) is 24.7 Å². The van der Waals surface area contributed by atoms with E-state index in [0.717, 1.165) is 30.0 Å². The highest BCUT2D eigenvalue weighted by atomic mass is 16.5. The van der Waals surface area contributed by atoms with Gasteiger partial charge in [0, 0.05) is 19.0 Å². The molecule has 1 aromatic heterocycles. The number of rotatable bonds is 3. The molecule has 0 unspecified atom stereocenters. The maximum Gasteiger partial charge on any atom is 0.407 e. The van der Waals surface area contributed by atoms with Gasteiger partial charge in [-0.15, -0.1) is 5.10 Å². The number of benzene rings is 1. The van der Waals surface area contributed by atoms with Crippen molar-refractivity contribution in [3.05, 3.63) is 36.2 Å². The Hall–Kier alpha value is -2.57. The van der Waals surface area contributed by atoms with Crippen LogP contribution < -0.4 is 4.74 Å². The summed E-state index contributed by atoms with van der Waals surface area (Å²) in [7, 11) is 1.63. The Morgan fingerprint density at radius 3 is 2.55 bits per heavy atom. The van der Waals surface area contributed by atoms with Gasteiger partial charge in [0.2, 0.25) is 0 Å². The van der Waals surface area contributed by atoms with Crippen molar-refractivity contribution in [3.8, 4) is 11.4 Å². The lowest BCUT2D eigenvalue weighted by molar-refractivity contribution is 0.131. The van der Waals surface area contributed by atoms with Gasteiger partial charge in [-0.05, 0) is 37.1 Å². The number of carboxylic acid groups (broad SMARTS) is 1. The van der Waals surface area contributed by atoms with Crippen molar-refractivity contribution in [1.82, 2.24) is 19.9 Å². The fraction of sp³-hybridized carbons (Fsp3) is 0.400. The number of amides is 1. The molecule has 3 rings (SSSR count). The van der Waals surface area contributed by atoms with Crippen molar-refractivity contribution in [1.29, 1.82) is 0 Å². The van der Waals surface area contributed by atoms with Gasteiger partial charge in [-0.3, -0.25) is 0 Å². The van der Waals surface area contributed by atoms with Crippen LogP contribution in [0.5, 0.6) is 5.75 Å². The van der Waals surface area contributed by atoms with Crippen LogP contribution in [0.4, 0.5) is 4.79 Å². The fourth-order valence-electron chi connectivity index (χ4n) is 2.81. The Bertz CT molecular complexity index is 645. The van der Waals surface area contributed by atoms with Gasteiger partial charge in [-0.1, -0.05) is 5.21 Å². The molecule has 1 aliphatic heterocycles. The lowest BCUT2D eigenvalue weighted by atomic mass is 9.94. The summed E-state index contributed by atoms with van der Waals surface area (Å²) in [5, 5.41) is 17.2. The lowest BCUT2D eigenvalue weighted by Crippen LogP contribution is -2.37. The van der Waals surface area contributed by atoms with Gasteiger partial charge in [0.15, 0.2) is 0 Å². The van der Waals surface area contributed by atoms with Gasteiger partial charge in [0.1, 0.15) is 5.75 Å². The highest BCUT2D eigenvalue weighted by Crippen LogP contribution is 2.29. The molecule has 116 valence electrons. The Morgan fingerprint density at radius 1 is 1.27 bits per heavy atom. The average molecular weight is 302 g/mol. The van der Waals surface area contributed by atoms with Crippen LogP contribution in [-0.2, 0) is 0 Å². The van der Waals surface area contributed by atoms with Crippen LogP contribution in [0.25, 0.3) is 5.69 Å². The summed E-state index contributed by atoms with van der Waals surface area (Å²) in [6.07, 6.45) is 2.50. The van der Waals surface area contributed by atoms with E-state index in [-0.39, 0.29) is 5.92 Å². The van der Waals surface area contributed by atoms with Gasteiger partial charge < -0.3 is 14.7 Å². The summed E-state index contributed by atoms with van der Waals surface area (Å²) in [6, 6.07) is 7.63. The molecule has 1 aromatic carbocycles. The molecule has 0 spiro atoms. The summed E-state index contributed by atoms with van der Waals surface area (Å²) < 4.78 is 6.98. The first-order valence-electron chi connectivity index (χ1n) is 7.22. The minimum Gasteiger partial charge on any atom is -0.497 e. The summed E-state index contributed by atoms with van der Waals surface area (Å²) in [4.78, 5) is 12.4. The third-order valence-electron chi connectivity index (χ3n) is 4.08. The normalized spacial score (nSPS) is 15.8. The smallest absolute Gasteiger partial charge is 0.407 e. The molecule has 1 amide bonds. The summed E-state index contributed by atoms with van der Waals surface area (Å²) in [5.41, 5.74) is 1.95. The number of hydrogen-bond acceptors (Lipinski definition) is 4. The summed E-state index contributed by atoms with van der Waals surface area (Å²) >= 11 is 0. The molecule has 1 N–H and O–H groups in total. The number of piperidine rings is 1. The number of likely N-dealkylation sites (tertiary alicyclic amines) is 1. The monoisotopic (exact) mass is 302 g/mol. The van der Waals surface area contributed by atoms with Crippen molar-refractivity contribution >= 4 is 6.09 Å². The Kier molecular flexibility index (Phi) is 3.95. The highest BCUT2D eigenvalue weighted by molar-refractivity contribution is 5.65. The maximum absolute atomic E-state index is 11.0. The minimum atomic E-state index is -0.847. The molecule has 2 aromatic rings. The quantitative estimate of drug-likeness (QED) is 0.939. The van der Waals surface area contributed by atoms with E-state index in [1.165, 1.54) is 4.90 Å². The number of ether oxygens (including phenoxy) is 1. The van der Waals surface area contributed by atoms with E-state index in [1.807, 2.05) is 28.9 Å². The van der Waals surface area contributed by atoms with Gasteiger partial charge >= 0.3 is 6.09 Å². The van der Waals surface area contributed by atoms with Crippen LogP contribution in [0.15, 0.2) is 30.5 Å². The molecule has 0 radical (unpaired) electrons. The van der Waals surface area contributed by atoms with Crippen molar-refractivity contribution < 1.29 is 14.6 Å². The predicted molar refractivity (Wildman–Crippen MR) is 79.5 cm³/mol. The van der Waals surface area contributed by atoms with Crippen LogP contribution in [0.2, 0.25) is 0 Å². The van der Waals surface area contributed by atoms with Crippen molar-refractivity contribution in [3.63, 3.8) is 0 Å². The Morgan fingerprint density at radius 2 is 1.95 bits per heavy atom. The first-order valence-corrected chi connectivity index (χ1v) is 7.22. The molecule has 7 heteroatoms. The molecule has 0 aliphatic carbocycles. The maximum atomic E-state index is 11.0. The largest absolute Gasteiger partial charge is 0.497 e. The number of aromatic nitrogens is 3. The Labute approximate surface area is 128 Å². The number of carbonyl (C=O) groups is 1. The van der Waals surface area contributed by atoms with Crippen LogP contribution >= 0.6 is 0 Å². The van der Waals surface area contributed by atoms with E-state index in [9.17, 15) is 4.79 Å². The number of hydrogen-bond donors (Lipinski definition) is 1. The third-order valence-corrected chi connectivity index (χ3v) is 4.08. The number of methoxy groups -OCH3 is 1. The first-order chi connectivity index (χ1) is 10.7. The van der Waals surface area contributed by atoms with Crippen LogP contribution in [0, 0.1) is 0 Å². The molecule has 2 heterocycles. The van der Waals surface area contributed by atoms with E-state index < -0.39 is 6.09 Å². The molecule has 22 heavy (non-hydrogen) atoms. The predicted octanol–water partition coefficient (Wildman–Crippen LogP) is 2.13. The second-order valence-electron chi connectivity index (χ2n) is 5.31. The van der Waals surface area contributed by atoms with Gasteiger partial charge in [-0.2, -0.15) is 0 Å². The lowest BCUT2D eigenvalue weighted by Gasteiger charge is -2.29. The van der Waals surface area contributed by atoms with Gasteiger partial charge in [0.25, 0.3) is 0 Å². The van der Waals surface area contributed by atoms with Crippen LogP contribution in [0.3, 0.4) is 0 Å². The van der Waals surface area contributed by atoms with E-state index in [1.54, 1.807) is 13.3 Å². The SMILES string of the molecule is COc1ccc(-n2nncc2C2CCN(C(=O)O)CC2)cc1. The molecular formula is C15H18N4O3. The standard InChI is InChI=1S/C15H18N4O3/c1-22-13-4-2-12(3-5-13)19-14(10-16-17-19)11-6-8-18(9-7-11)15(20)21/h2-5,10-11H,6-9H2,1H3,(H,20,21). The van der Waals surface area contributed by atoms with Crippen molar-refractivity contribution in [2.45, 2.75) is 18.8 Å². The zero-order valence-electron chi connectivity index (χ0n) is 12.3. The second-order valence-corrected chi connectivity index (χ2v) is 5.31. The molecule has 0 saturated carbocycles. The average Bonchev–Trinajstić information content (AvgIpc) is 3.04. The van der Waals surface area contributed by atoms with E-state index >= 15 is 0 Å². The van der Waals surface area contributed by atoms with Crippen molar-refractivity contribution in [2.75, 3.05) is 20.2 Å². The van der Waals surface area contributed by atoms with Crippen LogP contribution in [-0.4, -0.2) is 51.3 Å². The highest BCUT2D eigenvalue weighted by Gasteiger charge is 2.26. The molecule has 1 aliphatic rings. The molecule has 7 nitrogen and oxygen atoms in total. The zero-order valence-corrected chi connectivity index (χ0v) is 12.3. The number of nitrogens with zero attached hydrogens (tertiary/aromatic N) is 4. The van der Waals surface area contributed by atoms with Gasteiger partial charge in [-0.25, -0.2) is 9.48 Å². The Balaban J connectivity index is 1.79. The fourth-order valence-corrected chi connectivity index (χ4v) is 2.81. The first kappa shape index (κ1) is 14.4.